The van der Waals surface area contributed by atoms with Gasteiger partial charge in [0.15, 0.2) is 0 Å². The second kappa shape index (κ2) is 5.52. The van der Waals surface area contributed by atoms with E-state index in [9.17, 15) is 13.2 Å². The van der Waals surface area contributed by atoms with Gasteiger partial charge in [-0.3, -0.25) is 4.79 Å². The van der Waals surface area contributed by atoms with Crippen LogP contribution in [0.1, 0.15) is 15.9 Å². The van der Waals surface area contributed by atoms with Crippen LogP contribution >= 0.6 is 11.3 Å². The maximum atomic E-state index is 11.8. The van der Waals surface area contributed by atoms with Crippen LogP contribution in [-0.2, 0) is 16.6 Å². The van der Waals surface area contributed by atoms with E-state index in [1.807, 2.05) is 30.3 Å². The van der Waals surface area contributed by atoms with Crippen molar-refractivity contribution in [2.75, 3.05) is 0 Å². The van der Waals surface area contributed by atoms with E-state index < -0.39 is 10.0 Å². The summed E-state index contributed by atoms with van der Waals surface area (Å²) in [7, 11) is -3.74. The highest BCUT2D eigenvalue weighted by atomic mass is 32.2. The number of hydrogen-bond donors (Lipinski definition) is 2. The minimum absolute atomic E-state index is 0.0163. The largest absolute Gasteiger partial charge is 0.348 e. The first kappa shape index (κ1) is 13.7. The lowest BCUT2D eigenvalue weighted by atomic mass is 10.2. The highest BCUT2D eigenvalue weighted by Crippen LogP contribution is 2.18. The predicted molar refractivity (Wildman–Crippen MR) is 73.3 cm³/mol. The Labute approximate surface area is 115 Å². The molecule has 0 bridgehead atoms. The van der Waals surface area contributed by atoms with Gasteiger partial charge >= 0.3 is 0 Å². The molecule has 0 saturated heterocycles. The highest BCUT2D eigenvalue weighted by Gasteiger charge is 2.14. The lowest BCUT2D eigenvalue weighted by Crippen LogP contribution is -2.22. The number of rotatable bonds is 4. The number of carbonyl (C=O) groups excluding carboxylic acids is 1. The number of carbonyl (C=O) groups is 1. The van der Waals surface area contributed by atoms with Crippen molar-refractivity contribution in [3.05, 3.63) is 52.9 Å². The van der Waals surface area contributed by atoms with Gasteiger partial charge in [-0.15, -0.1) is 11.3 Å². The second-order valence-corrected chi connectivity index (χ2v) is 6.57. The van der Waals surface area contributed by atoms with Crippen LogP contribution in [0.3, 0.4) is 0 Å². The van der Waals surface area contributed by atoms with Gasteiger partial charge in [-0.05, 0) is 11.6 Å². The van der Waals surface area contributed by atoms with Crippen LogP contribution in [0.15, 0.2) is 46.0 Å². The molecule has 0 radical (unpaired) electrons. The van der Waals surface area contributed by atoms with Crippen LogP contribution in [0.2, 0.25) is 0 Å². The summed E-state index contributed by atoms with van der Waals surface area (Å²) in [4.78, 5) is 11.8. The van der Waals surface area contributed by atoms with Crippen molar-refractivity contribution in [2.45, 2.75) is 10.8 Å². The average Bonchev–Trinajstić information content (AvgIpc) is 2.87. The second-order valence-electron chi connectivity index (χ2n) is 3.87. The van der Waals surface area contributed by atoms with Gasteiger partial charge in [-0.25, -0.2) is 13.6 Å². The summed E-state index contributed by atoms with van der Waals surface area (Å²) in [5, 5.41) is 9.17. The number of amides is 1. The van der Waals surface area contributed by atoms with Gasteiger partial charge in [-0.2, -0.15) is 0 Å². The molecule has 0 aliphatic carbocycles. The number of thiophene rings is 1. The Morgan fingerprint density at radius 1 is 1.26 bits per heavy atom. The summed E-state index contributed by atoms with van der Waals surface area (Å²) < 4.78 is 22.2. The highest BCUT2D eigenvalue weighted by molar-refractivity contribution is 7.91. The van der Waals surface area contributed by atoms with Crippen molar-refractivity contribution in [1.29, 1.82) is 0 Å². The molecule has 0 spiro atoms. The molecular weight excluding hydrogens is 284 g/mol. The third kappa shape index (κ3) is 3.63. The maximum absolute atomic E-state index is 11.8. The normalized spacial score (nSPS) is 11.2. The van der Waals surface area contributed by atoms with Gasteiger partial charge in [0, 0.05) is 11.9 Å². The minimum Gasteiger partial charge on any atom is -0.348 e. The zero-order valence-electron chi connectivity index (χ0n) is 9.87. The Bertz CT molecular complexity index is 678. The zero-order valence-corrected chi connectivity index (χ0v) is 11.5. The first-order valence-corrected chi connectivity index (χ1v) is 7.83. The molecule has 2 aromatic rings. The molecule has 1 aromatic heterocycles. The summed E-state index contributed by atoms with van der Waals surface area (Å²) in [5.74, 6) is -0.324. The first-order valence-electron chi connectivity index (χ1n) is 5.40. The van der Waals surface area contributed by atoms with Crippen molar-refractivity contribution in [1.82, 2.24) is 5.32 Å². The molecular formula is C12H12N2O3S2. The molecule has 1 aromatic carbocycles. The number of nitrogens with one attached hydrogen (secondary N) is 1. The fourth-order valence-corrected chi connectivity index (χ4v) is 3.05. The van der Waals surface area contributed by atoms with Gasteiger partial charge in [-0.1, -0.05) is 30.3 Å². The van der Waals surface area contributed by atoms with E-state index in [1.165, 1.54) is 11.4 Å². The lowest BCUT2D eigenvalue weighted by Gasteiger charge is -2.03. The maximum Gasteiger partial charge on any atom is 0.252 e. The standard InChI is InChI=1S/C12H12N2O3S2/c13-19(16,17)11-6-10(8-18-11)12(15)14-7-9-4-2-1-3-5-9/h1-6,8H,7H2,(H,14,15)(H2,13,16,17). The molecule has 0 saturated carbocycles. The third-order valence-electron chi connectivity index (χ3n) is 2.41. The molecule has 7 heteroatoms. The van der Waals surface area contributed by atoms with E-state index in [0.29, 0.717) is 12.1 Å². The van der Waals surface area contributed by atoms with Gasteiger partial charge in [0.25, 0.3) is 5.91 Å². The fraction of sp³-hybridized carbons (Fsp3) is 0.0833. The van der Waals surface area contributed by atoms with E-state index in [-0.39, 0.29) is 10.1 Å². The summed E-state index contributed by atoms with van der Waals surface area (Å²) in [5.41, 5.74) is 1.27. The quantitative estimate of drug-likeness (QED) is 0.892. The Balaban J connectivity index is 2.03. The van der Waals surface area contributed by atoms with Crippen LogP contribution in [0.4, 0.5) is 0 Å². The van der Waals surface area contributed by atoms with Gasteiger partial charge in [0.05, 0.1) is 5.56 Å². The molecule has 0 atom stereocenters. The minimum atomic E-state index is -3.74. The molecule has 0 aliphatic rings. The Morgan fingerprint density at radius 2 is 1.95 bits per heavy atom. The molecule has 3 N–H and O–H groups in total. The molecule has 0 unspecified atom stereocenters. The number of nitrogens with two attached hydrogens (primary N) is 1. The summed E-state index contributed by atoms with van der Waals surface area (Å²) in [6, 6.07) is 10.7. The molecule has 2 rings (SSSR count). The Kier molecular flexibility index (Phi) is 3.98. The Hall–Kier alpha value is -1.70. The van der Waals surface area contributed by atoms with Crippen molar-refractivity contribution in [3.63, 3.8) is 0 Å². The van der Waals surface area contributed by atoms with Crippen LogP contribution in [0, 0.1) is 0 Å². The fourth-order valence-electron chi connectivity index (χ4n) is 1.47. The molecule has 0 aliphatic heterocycles. The molecule has 5 nitrogen and oxygen atoms in total. The number of primary sulfonamides is 1. The van der Waals surface area contributed by atoms with Crippen LogP contribution in [-0.4, -0.2) is 14.3 Å². The molecule has 100 valence electrons. The first-order chi connectivity index (χ1) is 8.97. The SMILES string of the molecule is NS(=O)(=O)c1cc(C(=O)NCc2ccccc2)cs1. The van der Waals surface area contributed by atoms with Crippen LogP contribution in [0.25, 0.3) is 0 Å². The topological polar surface area (TPSA) is 89.3 Å². The van der Waals surface area contributed by atoms with E-state index in [1.54, 1.807) is 0 Å². The molecule has 0 fully saturated rings. The van der Waals surface area contributed by atoms with Crippen molar-refractivity contribution >= 4 is 27.3 Å². The van der Waals surface area contributed by atoms with E-state index in [2.05, 4.69) is 5.32 Å². The molecule has 1 amide bonds. The lowest BCUT2D eigenvalue weighted by molar-refractivity contribution is 0.0951. The number of benzene rings is 1. The van der Waals surface area contributed by atoms with E-state index in [0.717, 1.165) is 16.9 Å². The van der Waals surface area contributed by atoms with Crippen molar-refractivity contribution in [2.24, 2.45) is 5.14 Å². The van der Waals surface area contributed by atoms with Gasteiger partial charge in [0.2, 0.25) is 10.0 Å². The van der Waals surface area contributed by atoms with Gasteiger partial charge < -0.3 is 5.32 Å². The van der Waals surface area contributed by atoms with Crippen molar-refractivity contribution in [3.8, 4) is 0 Å². The average molecular weight is 296 g/mol. The number of sulfonamides is 1. The van der Waals surface area contributed by atoms with Gasteiger partial charge in [0.1, 0.15) is 4.21 Å². The van der Waals surface area contributed by atoms with E-state index >= 15 is 0 Å². The van der Waals surface area contributed by atoms with E-state index in [4.69, 9.17) is 5.14 Å². The van der Waals surface area contributed by atoms with Crippen LogP contribution in [0.5, 0.6) is 0 Å². The predicted octanol–water partition coefficient (Wildman–Crippen LogP) is 1.33. The molecule has 19 heavy (non-hydrogen) atoms. The monoisotopic (exact) mass is 296 g/mol. The molecule has 1 heterocycles. The smallest absolute Gasteiger partial charge is 0.252 e. The zero-order chi connectivity index (χ0) is 13.9. The summed E-state index contributed by atoms with van der Waals surface area (Å²) in [6.45, 7) is 0.389. The third-order valence-corrected chi connectivity index (χ3v) is 4.80. The summed E-state index contributed by atoms with van der Waals surface area (Å²) >= 11 is 0.933. The Morgan fingerprint density at radius 3 is 2.53 bits per heavy atom. The summed E-state index contributed by atoms with van der Waals surface area (Å²) in [6.07, 6.45) is 0. The number of hydrogen-bond acceptors (Lipinski definition) is 4. The van der Waals surface area contributed by atoms with Crippen LogP contribution < -0.4 is 10.5 Å². The van der Waals surface area contributed by atoms with Crippen molar-refractivity contribution < 1.29 is 13.2 Å².